The minimum absolute atomic E-state index is 0. The predicted molar refractivity (Wildman–Crippen MR) is 147 cm³/mol. The van der Waals surface area contributed by atoms with E-state index in [-0.39, 0.29) is 58.0 Å². The highest BCUT2D eigenvalue weighted by Crippen LogP contribution is 2.29. The van der Waals surface area contributed by atoms with Gasteiger partial charge in [-0.05, 0) is 68.1 Å². The van der Waals surface area contributed by atoms with Gasteiger partial charge in [0.25, 0.3) is 11.8 Å². The van der Waals surface area contributed by atoms with Gasteiger partial charge in [0.2, 0.25) is 0 Å². The SMILES string of the molecule is CS(=O)(=O)c1ccc(C(=O)Nc2cccnc2C(=O)Nc2ccc(Cl)cn2)c(OC2CCC(N)CC2)c1.Cl. The van der Waals surface area contributed by atoms with Gasteiger partial charge in [-0.25, -0.2) is 18.4 Å². The fourth-order valence-electron chi connectivity index (χ4n) is 3.91. The van der Waals surface area contributed by atoms with Crippen LogP contribution in [0.1, 0.15) is 46.5 Å². The summed E-state index contributed by atoms with van der Waals surface area (Å²) in [6.45, 7) is 0. The average Bonchev–Trinajstić information content (AvgIpc) is 2.86. The number of nitrogens with one attached hydrogen (secondary N) is 2. The number of benzene rings is 1. The Morgan fingerprint density at radius 2 is 1.76 bits per heavy atom. The maximum Gasteiger partial charge on any atom is 0.277 e. The Labute approximate surface area is 231 Å². The van der Waals surface area contributed by atoms with Crippen LogP contribution in [0.5, 0.6) is 5.75 Å². The van der Waals surface area contributed by atoms with Crippen LogP contribution in [0.2, 0.25) is 5.02 Å². The number of hydrogen-bond acceptors (Lipinski definition) is 8. The number of anilines is 2. The lowest BCUT2D eigenvalue weighted by Crippen LogP contribution is -2.32. The lowest BCUT2D eigenvalue weighted by Gasteiger charge is -2.27. The Kier molecular flexibility index (Phi) is 9.66. The van der Waals surface area contributed by atoms with Crippen molar-refractivity contribution in [2.45, 2.75) is 42.7 Å². The molecule has 2 amide bonds. The third-order valence-corrected chi connectivity index (χ3v) is 7.21. The van der Waals surface area contributed by atoms with E-state index in [0.29, 0.717) is 17.9 Å². The van der Waals surface area contributed by atoms with Crippen molar-refractivity contribution in [3.63, 3.8) is 0 Å². The van der Waals surface area contributed by atoms with Crippen molar-refractivity contribution >= 4 is 57.2 Å². The molecule has 2 aromatic heterocycles. The number of amides is 2. The second kappa shape index (κ2) is 12.5. The molecule has 0 spiro atoms. The van der Waals surface area contributed by atoms with E-state index in [9.17, 15) is 18.0 Å². The molecule has 3 aromatic rings. The van der Waals surface area contributed by atoms with E-state index in [2.05, 4.69) is 20.6 Å². The number of sulfone groups is 1. The minimum Gasteiger partial charge on any atom is -0.490 e. The highest BCUT2D eigenvalue weighted by atomic mass is 35.5. The van der Waals surface area contributed by atoms with Crippen molar-refractivity contribution in [1.82, 2.24) is 9.97 Å². The summed E-state index contributed by atoms with van der Waals surface area (Å²) in [5, 5.41) is 5.72. The van der Waals surface area contributed by atoms with E-state index in [1.807, 2.05) is 0 Å². The van der Waals surface area contributed by atoms with Crippen molar-refractivity contribution in [3.8, 4) is 5.75 Å². The van der Waals surface area contributed by atoms with Crippen molar-refractivity contribution in [2.75, 3.05) is 16.9 Å². The molecule has 38 heavy (non-hydrogen) atoms. The van der Waals surface area contributed by atoms with Crippen LogP contribution in [-0.2, 0) is 9.84 Å². The number of carbonyl (C=O) groups excluding carboxylic acids is 2. The van der Waals surface area contributed by atoms with E-state index in [1.54, 1.807) is 12.1 Å². The number of nitrogens with zero attached hydrogens (tertiary/aromatic N) is 2. The Morgan fingerprint density at radius 3 is 2.42 bits per heavy atom. The number of ether oxygens (including phenoxy) is 1. The van der Waals surface area contributed by atoms with Crippen molar-refractivity contribution in [2.24, 2.45) is 5.73 Å². The molecular formula is C25H27Cl2N5O5S. The minimum atomic E-state index is -3.54. The first-order chi connectivity index (χ1) is 17.6. The van der Waals surface area contributed by atoms with Crippen LogP contribution in [0.15, 0.2) is 59.8 Å². The lowest BCUT2D eigenvalue weighted by molar-refractivity contribution is 0.101. The highest BCUT2D eigenvalue weighted by Gasteiger charge is 2.25. The summed E-state index contributed by atoms with van der Waals surface area (Å²) >= 11 is 5.84. The number of nitrogens with two attached hydrogens (primary N) is 1. The van der Waals surface area contributed by atoms with Gasteiger partial charge >= 0.3 is 0 Å². The van der Waals surface area contributed by atoms with Gasteiger partial charge in [-0.15, -0.1) is 12.4 Å². The van der Waals surface area contributed by atoms with Crippen molar-refractivity contribution in [3.05, 3.63) is 71.1 Å². The molecule has 0 saturated heterocycles. The maximum atomic E-state index is 13.3. The Morgan fingerprint density at radius 1 is 1.03 bits per heavy atom. The monoisotopic (exact) mass is 579 g/mol. The molecule has 0 bridgehead atoms. The van der Waals surface area contributed by atoms with Crippen molar-refractivity contribution in [1.29, 1.82) is 0 Å². The first kappa shape index (κ1) is 29.3. The summed E-state index contributed by atoms with van der Waals surface area (Å²) < 4.78 is 30.4. The Balaban J connectivity index is 0.00000400. The van der Waals surface area contributed by atoms with Gasteiger partial charge in [-0.3, -0.25) is 9.59 Å². The second-order valence-electron chi connectivity index (χ2n) is 8.75. The van der Waals surface area contributed by atoms with Gasteiger partial charge in [0, 0.05) is 24.7 Å². The zero-order valence-electron chi connectivity index (χ0n) is 20.4. The first-order valence-electron chi connectivity index (χ1n) is 11.6. The summed E-state index contributed by atoms with van der Waals surface area (Å²) in [7, 11) is -3.54. The van der Waals surface area contributed by atoms with E-state index in [0.717, 1.165) is 19.1 Å². The highest BCUT2D eigenvalue weighted by molar-refractivity contribution is 7.90. The van der Waals surface area contributed by atoms with Crippen LogP contribution in [0.4, 0.5) is 11.5 Å². The van der Waals surface area contributed by atoms with Crippen LogP contribution >= 0.6 is 24.0 Å². The van der Waals surface area contributed by atoms with Crippen LogP contribution in [0.25, 0.3) is 0 Å². The largest absolute Gasteiger partial charge is 0.490 e. The van der Waals surface area contributed by atoms with E-state index in [4.69, 9.17) is 22.1 Å². The molecular weight excluding hydrogens is 553 g/mol. The molecule has 0 atom stereocenters. The summed E-state index contributed by atoms with van der Waals surface area (Å²) in [6.07, 6.45) is 6.62. The Hall–Kier alpha value is -3.25. The molecule has 0 unspecified atom stereocenters. The van der Waals surface area contributed by atoms with Crippen molar-refractivity contribution < 1.29 is 22.7 Å². The molecule has 2 heterocycles. The zero-order valence-corrected chi connectivity index (χ0v) is 22.8. The zero-order chi connectivity index (χ0) is 26.6. The van der Waals surface area contributed by atoms with Crippen LogP contribution in [0.3, 0.4) is 0 Å². The van der Waals surface area contributed by atoms with Gasteiger partial charge in [-0.1, -0.05) is 11.6 Å². The standard InChI is InChI=1S/C25H26ClN5O5S.ClH/c1-37(34,35)18-9-10-19(21(13-18)36-17-7-5-16(27)6-8-17)24(32)30-20-3-2-12-28-23(20)25(33)31-22-11-4-15(26)14-29-22;/h2-4,9-14,16-17H,5-8,27H2,1H3,(H,30,32)(H,29,31,33);1H. The molecule has 4 N–H and O–H groups in total. The quantitative estimate of drug-likeness (QED) is 0.378. The summed E-state index contributed by atoms with van der Waals surface area (Å²) in [5.41, 5.74) is 6.22. The van der Waals surface area contributed by atoms with Gasteiger partial charge in [0.1, 0.15) is 11.6 Å². The predicted octanol–water partition coefficient (Wildman–Crippen LogP) is 4.11. The summed E-state index contributed by atoms with van der Waals surface area (Å²) in [4.78, 5) is 34.3. The number of hydrogen-bond donors (Lipinski definition) is 3. The topological polar surface area (TPSA) is 153 Å². The molecule has 202 valence electrons. The number of carbonyl (C=O) groups is 2. The first-order valence-corrected chi connectivity index (χ1v) is 13.8. The molecule has 0 aliphatic heterocycles. The third-order valence-electron chi connectivity index (χ3n) is 5.88. The third kappa shape index (κ3) is 7.41. The molecule has 1 fully saturated rings. The van der Waals surface area contributed by atoms with Gasteiger partial charge in [0.15, 0.2) is 15.5 Å². The molecule has 4 rings (SSSR count). The van der Waals surface area contributed by atoms with E-state index >= 15 is 0 Å². The number of rotatable bonds is 7. The Bertz CT molecular complexity index is 1410. The molecule has 1 aliphatic carbocycles. The lowest BCUT2D eigenvalue weighted by atomic mass is 9.93. The van der Waals surface area contributed by atoms with Gasteiger partial charge < -0.3 is 21.1 Å². The maximum absolute atomic E-state index is 13.3. The molecule has 1 aliphatic rings. The number of aromatic nitrogens is 2. The number of halogens is 2. The number of pyridine rings is 2. The summed E-state index contributed by atoms with van der Waals surface area (Å²) in [6, 6.07) is 10.4. The van der Waals surface area contributed by atoms with E-state index in [1.165, 1.54) is 42.7 Å². The molecule has 13 heteroatoms. The van der Waals surface area contributed by atoms with Crippen LogP contribution < -0.4 is 21.1 Å². The van der Waals surface area contributed by atoms with Gasteiger partial charge in [0.05, 0.1) is 27.3 Å². The molecule has 1 saturated carbocycles. The van der Waals surface area contributed by atoms with Gasteiger partial charge in [-0.2, -0.15) is 0 Å². The second-order valence-corrected chi connectivity index (χ2v) is 11.2. The fourth-order valence-corrected chi connectivity index (χ4v) is 4.65. The molecule has 0 radical (unpaired) electrons. The average molecular weight is 580 g/mol. The van der Waals surface area contributed by atoms with E-state index < -0.39 is 21.7 Å². The normalized spacial score (nSPS) is 17.1. The smallest absolute Gasteiger partial charge is 0.277 e. The summed E-state index contributed by atoms with van der Waals surface area (Å²) in [5.74, 6) is -0.778. The molecule has 10 nitrogen and oxygen atoms in total. The molecule has 1 aromatic carbocycles. The fraction of sp³-hybridized carbons (Fsp3) is 0.280. The van der Waals surface area contributed by atoms with Crippen LogP contribution in [0, 0.1) is 0 Å². The van der Waals surface area contributed by atoms with Crippen LogP contribution in [-0.4, -0.2) is 48.6 Å².